The summed E-state index contributed by atoms with van der Waals surface area (Å²) in [6.07, 6.45) is 5.72. The minimum Gasteiger partial charge on any atom is -0.493 e. The molecule has 1 aromatic heterocycles. The second kappa shape index (κ2) is 11.1. The second-order valence-corrected chi connectivity index (χ2v) is 6.51. The summed E-state index contributed by atoms with van der Waals surface area (Å²) in [6, 6.07) is 6.13. The summed E-state index contributed by atoms with van der Waals surface area (Å²) in [5.74, 6) is 2.54. The van der Waals surface area contributed by atoms with E-state index in [-0.39, 0.29) is 24.0 Å². The van der Waals surface area contributed by atoms with Gasteiger partial charge in [0.15, 0.2) is 17.5 Å². The van der Waals surface area contributed by atoms with Crippen molar-refractivity contribution in [3.05, 3.63) is 41.7 Å². The van der Waals surface area contributed by atoms with E-state index in [1.54, 1.807) is 14.2 Å². The zero-order valence-corrected chi connectivity index (χ0v) is 19.2. The third-order valence-electron chi connectivity index (χ3n) is 4.72. The first-order valence-electron chi connectivity index (χ1n) is 9.49. The molecule has 0 unspecified atom stereocenters. The van der Waals surface area contributed by atoms with Gasteiger partial charge in [0.05, 0.1) is 14.2 Å². The van der Waals surface area contributed by atoms with Crippen molar-refractivity contribution in [1.82, 2.24) is 20.0 Å². The SMILES string of the molecule is CCNC(=NCCCn1cccn1)N1CCc2cc(OC)c(OC)cc2C1.I. The number of guanidine groups is 1. The van der Waals surface area contributed by atoms with E-state index in [0.717, 1.165) is 63.0 Å². The maximum Gasteiger partial charge on any atom is 0.194 e. The molecule has 8 heteroatoms. The number of methoxy groups -OCH3 is 2. The number of ether oxygens (including phenoxy) is 2. The van der Waals surface area contributed by atoms with Crippen molar-refractivity contribution < 1.29 is 9.47 Å². The predicted molar refractivity (Wildman–Crippen MR) is 122 cm³/mol. The van der Waals surface area contributed by atoms with Gasteiger partial charge >= 0.3 is 0 Å². The van der Waals surface area contributed by atoms with Crippen LogP contribution in [0.15, 0.2) is 35.6 Å². The highest BCUT2D eigenvalue weighted by Gasteiger charge is 2.21. The summed E-state index contributed by atoms with van der Waals surface area (Å²) in [5, 5.41) is 7.66. The Labute approximate surface area is 184 Å². The lowest BCUT2D eigenvalue weighted by molar-refractivity contribution is 0.346. The van der Waals surface area contributed by atoms with Crippen LogP contribution in [0.3, 0.4) is 0 Å². The summed E-state index contributed by atoms with van der Waals surface area (Å²) < 4.78 is 12.8. The van der Waals surface area contributed by atoms with E-state index >= 15 is 0 Å². The lowest BCUT2D eigenvalue weighted by Gasteiger charge is -2.32. The van der Waals surface area contributed by atoms with Gasteiger partial charge in [-0.1, -0.05) is 0 Å². The van der Waals surface area contributed by atoms with Crippen LogP contribution in [0.2, 0.25) is 0 Å². The average molecular weight is 499 g/mol. The van der Waals surface area contributed by atoms with Gasteiger partial charge in [-0.3, -0.25) is 9.67 Å². The van der Waals surface area contributed by atoms with Crippen LogP contribution in [-0.4, -0.2) is 54.5 Å². The van der Waals surface area contributed by atoms with Gasteiger partial charge in [0, 0.05) is 45.1 Å². The zero-order valence-electron chi connectivity index (χ0n) is 16.9. The van der Waals surface area contributed by atoms with Crippen LogP contribution in [-0.2, 0) is 19.5 Å². The summed E-state index contributed by atoms with van der Waals surface area (Å²) in [6.45, 7) is 6.37. The average Bonchev–Trinajstić information content (AvgIpc) is 3.22. The van der Waals surface area contributed by atoms with E-state index in [4.69, 9.17) is 14.5 Å². The van der Waals surface area contributed by atoms with Crippen LogP contribution >= 0.6 is 24.0 Å². The van der Waals surface area contributed by atoms with E-state index in [0.29, 0.717) is 0 Å². The van der Waals surface area contributed by atoms with Gasteiger partial charge in [-0.2, -0.15) is 5.10 Å². The Bertz CT molecular complexity index is 764. The van der Waals surface area contributed by atoms with Crippen LogP contribution in [0.1, 0.15) is 24.5 Å². The molecule has 7 nitrogen and oxygen atoms in total. The Kier molecular flexibility index (Phi) is 8.88. The van der Waals surface area contributed by atoms with E-state index in [2.05, 4.69) is 34.4 Å². The van der Waals surface area contributed by atoms with Crippen LogP contribution in [0.25, 0.3) is 0 Å². The highest BCUT2D eigenvalue weighted by molar-refractivity contribution is 14.0. The maximum atomic E-state index is 5.46. The van der Waals surface area contributed by atoms with Crippen molar-refractivity contribution >= 4 is 29.9 Å². The van der Waals surface area contributed by atoms with Crippen molar-refractivity contribution in [2.75, 3.05) is 33.9 Å². The molecule has 0 aliphatic carbocycles. The van der Waals surface area contributed by atoms with Gasteiger partial charge in [0.1, 0.15) is 0 Å². The minimum atomic E-state index is 0. The number of aromatic nitrogens is 2. The molecule has 0 atom stereocenters. The Morgan fingerprint density at radius 3 is 2.61 bits per heavy atom. The Morgan fingerprint density at radius 1 is 1.21 bits per heavy atom. The smallest absolute Gasteiger partial charge is 0.194 e. The van der Waals surface area contributed by atoms with Gasteiger partial charge in [-0.05, 0) is 49.1 Å². The fraction of sp³-hybridized carbons (Fsp3) is 0.500. The summed E-state index contributed by atoms with van der Waals surface area (Å²) in [4.78, 5) is 7.13. The fourth-order valence-corrected chi connectivity index (χ4v) is 3.34. The summed E-state index contributed by atoms with van der Waals surface area (Å²) in [5.41, 5.74) is 2.58. The number of nitrogens with one attached hydrogen (secondary N) is 1. The van der Waals surface area contributed by atoms with Gasteiger partial charge in [-0.15, -0.1) is 24.0 Å². The molecule has 2 aromatic rings. The van der Waals surface area contributed by atoms with Gasteiger partial charge in [0.25, 0.3) is 0 Å². The van der Waals surface area contributed by atoms with Crippen molar-refractivity contribution in [3.63, 3.8) is 0 Å². The summed E-state index contributed by atoms with van der Waals surface area (Å²) >= 11 is 0. The highest BCUT2D eigenvalue weighted by Crippen LogP contribution is 2.33. The number of fused-ring (bicyclic) bond motifs is 1. The number of aliphatic imine (C=N–C) groups is 1. The Morgan fingerprint density at radius 2 is 1.96 bits per heavy atom. The number of nitrogens with zero attached hydrogens (tertiary/aromatic N) is 4. The first-order valence-corrected chi connectivity index (χ1v) is 9.49. The Hall–Kier alpha value is -1.97. The fourth-order valence-electron chi connectivity index (χ4n) is 3.34. The molecule has 0 saturated heterocycles. The number of rotatable bonds is 7. The molecular formula is C20H30IN5O2. The van der Waals surface area contributed by atoms with E-state index in [9.17, 15) is 0 Å². The van der Waals surface area contributed by atoms with Crippen molar-refractivity contribution in [2.45, 2.75) is 32.9 Å². The normalized spacial score (nSPS) is 13.5. The van der Waals surface area contributed by atoms with Gasteiger partial charge < -0.3 is 19.7 Å². The molecule has 1 N–H and O–H groups in total. The van der Waals surface area contributed by atoms with Crippen LogP contribution < -0.4 is 14.8 Å². The molecule has 1 aliphatic rings. The van der Waals surface area contributed by atoms with E-state index in [1.807, 2.05) is 23.1 Å². The van der Waals surface area contributed by atoms with E-state index in [1.165, 1.54) is 11.1 Å². The molecule has 0 saturated carbocycles. The van der Waals surface area contributed by atoms with Gasteiger partial charge in [-0.25, -0.2) is 0 Å². The van der Waals surface area contributed by atoms with Crippen molar-refractivity contribution in [2.24, 2.45) is 4.99 Å². The quantitative estimate of drug-likeness (QED) is 0.275. The molecule has 1 aromatic carbocycles. The third-order valence-corrected chi connectivity index (χ3v) is 4.72. The summed E-state index contributed by atoms with van der Waals surface area (Å²) in [7, 11) is 3.36. The molecule has 0 spiro atoms. The molecular weight excluding hydrogens is 469 g/mol. The lowest BCUT2D eigenvalue weighted by Crippen LogP contribution is -2.44. The second-order valence-electron chi connectivity index (χ2n) is 6.51. The molecule has 2 heterocycles. The van der Waals surface area contributed by atoms with Crippen molar-refractivity contribution in [3.8, 4) is 11.5 Å². The molecule has 154 valence electrons. The van der Waals surface area contributed by atoms with Crippen LogP contribution in [0.5, 0.6) is 11.5 Å². The topological polar surface area (TPSA) is 63.9 Å². The maximum absolute atomic E-state index is 5.46. The molecule has 0 bridgehead atoms. The highest BCUT2D eigenvalue weighted by atomic mass is 127. The number of halogens is 1. The minimum absolute atomic E-state index is 0. The van der Waals surface area contributed by atoms with E-state index < -0.39 is 0 Å². The predicted octanol–water partition coefficient (Wildman–Crippen LogP) is 2.93. The molecule has 0 fully saturated rings. The third kappa shape index (κ3) is 5.52. The molecule has 3 rings (SSSR count). The van der Waals surface area contributed by atoms with Crippen LogP contribution in [0.4, 0.5) is 0 Å². The van der Waals surface area contributed by atoms with Crippen LogP contribution in [0, 0.1) is 0 Å². The van der Waals surface area contributed by atoms with Crippen molar-refractivity contribution in [1.29, 1.82) is 0 Å². The number of hydrogen-bond donors (Lipinski definition) is 1. The molecule has 1 aliphatic heterocycles. The molecule has 0 amide bonds. The Balaban J connectivity index is 0.00000280. The van der Waals surface area contributed by atoms with Gasteiger partial charge in [0.2, 0.25) is 0 Å². The zero-order chi connectivity index (χ0) is 19.1. The number of aryl methyl sites for hydroxylation is 1. The standard InChI is InChI=1S/C20H29N5O2.HI/c1-4-21-20(22-8-5-10-25-11-6-9-23-25)24-12-7-16-13-18(26-2)19(27-3)14-17(16)15-24;/h6,9,11,13-14H,4-5,7-8,10,12,15H2,1-3H3,(H,21,22);1H. The number of benzene rings is 1. The molecule has 28 heavy (non-hydrogen) atoms. The largest absolute Gasteiger partial charge is 0.493 e. The number of hydrogen-bond acceptors (Lipinski definition) is 4. The monoisotopic (exact) mass is 499 g/mol. The lowest BCUT2D eigenvalue weighted by atomic mass is 9.99. The first-order chi connectivity index (χ1) is 13.2. The molecule has 0 radical (unpaired) electrons. The first kappa shape index (κ1) is 22.3.